The maximum atomic E-state index is 11.7. The zero-order valence-electron chi connectivity index (χ0n) is 15.2. The highest BCUT2D eigenvalue weighted by atomic mass is 16.4. The monoisotopic (exact) mass is 385 g/mol. The topological polar surface area (TPSA) is 140 Å². The molecule has 11 heteroatoms. The van der Waals surface area contributed by atoms with E-state index in [0.29, 0.717) is 18.1 Å². The molecule has 3 aromatic rings. The Bertz CT molecular complexity index is 1110. The van der Waals surface area contributed by atoms with Crippen molar-refractivity contribution in [2.24, 2.45) is 0 Å². The molecular formula is C17H19N7O4. The lowest BCUT2D eigenvalue weighted by molar-refractivity contribution is 0.0958. The largest absolute Gasteiger partial charge is 0.423 e. The Kier molecular flexibility index (Phi) is 4.65. The first-order valence-corrected chi connectivity index (χ1v) is 8.81. The predicted octanol–water partition coefficient (Wildman–Crippen LogP) is -0.719. The fourth-order valence-electron chi connectivity index (χ4n) is 3.16. The molecule has 1 aliphatic heterocycles. The zero-order valence-corrected chi connectivity index (χ0v) is 15.2. The molecule has 0 bridgehead atoms. The van der Waals surface area contributed by atoms with Crippen LogP contribution < -0.4 is 21.5 Å². The summed E-state index contributed by atoms with van der Waals surface area (Å²) in [5.74, 6) is 0.169. The van der Waals surface area contributed by atoms with Crippen LogP contribution in [0, 0.1) is 0 Å². The standard InChI is InChI=1S/C17H19N7O4/c1-18-14(25)11-3-2-10(8-19-11)24-6-4-23(5-7-24)9-12-20-13-15(26)21-17(27)22-16(13)28-12/h2-3,8H,4-7,9H2,1H3,(H,18,25)(H2,21,22,26,27). The molecule has 0 saturated carbocycles. The molecule has 3 aromatic heterocycles. The Hall–Kier alpha value is -3.47. The van der Waals surface area contributed by atoms with E-state index in [1.165, 1.54) is 0 Å². The Morgan fingerprint density at radius 3 is 2.68 bits per heavy atom. The summed E-state index contributed by atoms with van der Waals surface area (Å²) in [5.41, 5.74) is 0.337. The van der Waals surface area contributed by atoms with Crippen LogP contribution in [0.1, 0.15) is 16.4 Å². The quantitative estimate of drug-likeness (QED) is 0.535. The van der Waals surface area contributed by atoms with E-state index in [4.69, 9.17) is 4.42 Å². The molecule has 4 rings (SSSR count). The van der Waals surface area contributed by atoms with Gasteiger partial charge in [-0.25, -0.2) is 14.8 Å². The van der Waals surface area contributed by atoms with Gasteiger partial charge in [0.1, 0.15) is 5.69 Å². The summed E-state index contributed by atoms with van der Waals surface area (Å²) in [6.45, 7) is 3.53. The molecule has 0 unspecified atom stereocenters. The molecule has 0 radical (unpaired) electrons. The fourth-order valence-corrected chi connectivity index (χ4v) is 3.16. The van der Waals surface area contributed by atoms with Gasteiger partial charge in [0.2, 0.25) is 11.6 Å². The minimum atomic E-state index is -0.620. The molecule has 1 saturated heterocycles. The molecule has 0 aliphatic carbocycles. The molecule has 146 valence electrons. The number of pyridine rings is 1. The average Bonchev–Trinajstić information content (AvgIpc) is 3.11. The normalized spacial score (nSPS) is 15.1. The number of rotatable bonds is 4. The van der Waals surface area contributed by atoms with Gasteiger partial charge in [0, 0.05) is 33.2 Å². The molecule has 0 aromatic carbocycles. The number of hydrogen-bond acceptors (Lipinski definition) is 8. The molecule has 1 amide bonds. The minimum Gasteiger partial charge on any atom is -0.423 e. The summed E-state index contributed by atoms with van der Waals surface area (Å²) >= 11 is 0. The summed E-state index contributed by atoms with van der Waals surface area (Å²) < 4.78 is 5.50. The summed E-state index contributed by atoms with van der Waals surface area (Å²) in [7, 11) is 1.57. The number of carbonyl (C=O) groups excluding carboxylic acids is 1. The zero-order chi connectivity index (χ0) is 19.7. The number of aromatic amines is 2. The number of carbonyl (C=O) groups is 1. The lowest BCUT2D eigenvalue weighted by Crippen LogP contribution is -2.46. The van der Waals surface area contributed by atoms with E-state index in [1.807, 2.05) is 6.07 Å². The van der Waals surface area contributed by atoms with E-state index in [1.54, 1.807) is 19.3 Å². The van der Waals surface area contributed by atoms with Crippen LogP contribution in [0.2, 0.25) is 0 Å². The number of nitrogens with zero attached hydrogens (tertiary/aromatic N) is 4. The van der Waals surface area contributed by atoms with Crippen LogP contribution in [0.5, 0.6) is 0 Å². The van der Waals surface area contributed by atoms with Crippen LogP contribution in [0.25, 0.3) is 11.2 Å². The van der Waals surface area contributed by atoms with Crippen molar-refractivity contribution in [3.63, 3.8) is 0 Å². The van der Waals surface area contributed by atoms with E-state index in [9.17, 15) is 14.4 Å². The van der Waals surface area contributed by atoms with Gasteiger partial charge >= 0.3 is 5.69 Å². The molecule has 1 fully saturated rings. The molecule has 0 spiro atoms. The Balaban J connectivity index is 1.39. The first kappa shape index (κ1) is 17.9. The predicted molar refractivity (Wildman–Crippen MR) is 100 cm³/mol. The second kappa shape index (κ2) is 7.27. The highest BCUT2D eigenvalue weighted by Crippen LogP contribution is 2.17. The van der Waals surface area contributed by atoms with Gasteiger partial charge in [0.05, 0.1) is 18.4 Å². The van der Waals surface area contributed by atoms with Gasteiger partial charge in [-0.15, -0.1) is 0 Å². The summed E-state index contributed by atoms with van der Waals surface area (Å²) in [4.78, 5) is 51.9. The second-order valence-corrected chi connectivity index (χ2v) is 6.44. The van der Waals surface area contributed by atoms with Crippen molar-refractivity contribution < 1.29 is 9.21 Å². The average molecular weight is 385 g/mol. The smallest absolute Gasteiger partial charge is 0.328 e. The van der Waals surface area contributed by atoms with Gasteiger partial charge in [-0.3, -0.25) is 24.5 Å². The van der Waals surface area contributed by atoms with Crippen molar-refractivity contribution in [3.8, 4) is 0 Å². The van der Waals surface area contributed by atoms with Crippen molar-refractivity contribution in [1.29, 1.82) is 0 Å². The molecule has 4 heterocycles. The maximum Gasteiger partial charge on any atom is 0.328 e. The molecule has 1 aliphatic rings. The van der Waals surface area contributed by atoms with Crippen LogP contribution in [-0.4, -0.2) is 64.0 Å². The molecule has 0 atom stereocenters. The summed E-state index contributed by atoms with van der Waals surface area (Å²) in [6.07, 6.45) is 1.70. The highest BCUT2D eigenvalue weighted by molar-refractivity contribution is 5.92. The van der Waals surface area contributed by atoms with Crippen molar-refractivity contribution in [2.45, 2.75) is 6.54 Å². The van der Waals surface area contributed by atoms with Crippen molar-refractivity contribution in [2.75, 3.05) is 38.1 Å². The van der Waals surface area contributed by atoms with E-state index < -0.39 is 11.2 Å². The Morgan fingerprint density at radius 1 is 1.21 bits per heavy atom. The third-order valence-corrected chi connectivity index (χ3v) is 4.64. The van der Waals surface area contributed by atoms with Gasteiger partial charge in [0.15, 0.2) is 5.52 Å². The van der Waals surface area contributed by atoms with Crippen molar-refractivity contribution in [3.05, 3.63) is 50.8 Å². The number of oxazole rings is 1. The number of hydrogen-bond donors (Lipinski definition) is 3. The van der Waals surface area contributed by atoms with E-state index in [2.05, 4.69) is 35.1 Å². The summed E-state index contributed by atoms with van der Waals surface area (Å²) in [6, 6.07) is 3.59. The van der Waals surface area contributed by atoms with Crippen molar-refractivity contribution in [1.82, 2.24) is 30.2 Å². The number of piperazine rings is 1. The van der Waals surface area contributed by atoms with Crippen LogP contribution in [0.15, 0.2) is 32.3 Å². The van der Waals surface area contributed by atoms with Gasteiger partial charge < -0.3 is 14.6 Å². The lowest BCUT2D eigenvalue weighted by Gasteiger charge is -2.35. The lowest BCUT2D eigenvalue weighted by atomic mass is 10.2. The number of anilines is 1. The number of nitrogens with one attached hydrogen (secondary N) is 3. The van der Waals surface area contributed by atoms with E-state index in [-0.39, 0.29) is 17.1 Å². The molecule has 28 heavy (non-hydrogen) atoms. The number of aromatic nitrogens is 4. The SMILES string of the molecule is CNC(=O)c1ccc(N2CCN(Cc3nc4c(=O)[nH]c(=O)[nH]c4o3)CC2)cn1. The molecule has 3 N–H and O–H groups in total. The van der Waals surface area contributed by atoms with Gasteiger partial charge in [0.25, 0.3) is 11.5 Å². The van der Waals surface area contributed by atoms with Crippen LogP contribution in [0.4, 0.5) is 5.69 Å². The first-order chi connectivity index (χ1) is 13.5. The van der Waals surface area contributed by atoms with Crippen LogP contribution >= 0.6 is 0 Å². The molecule has 11 nitrogen and oxygen atoms in total. The third kappa shape index (κ3) is 3.51. The second-order valence-electron chi connectivity index (χ2n) is 6.44. The maximum absolute atomic E-state index is 11.7. The number of H-pyrrole nitrogens is 2. The van der Waals surface area contributed by atoms with Gasteiger partial charge in [-0.2, -0.15) is 0 Å². The van der Waals surface area contributed by atoms with Crippen LogP contribution in [-0.2, 0) is 6.54 Å². The fraction of sp³-hybridized carbons (Fsp3) is 0.353. The molecular weight excluding hydrogens is 366 g/mol. The van der Waals surface area contributed by atoms with E-state index in [0.717, 1.165) is 31.9 Å². The van der Waals surface area contributed by atoms with E-state index >= 15 is 0 Å². The van der Waals surface area contributed by atoms with Crippen LogP contribution in [0.3, 0.4) is 0 Å². The Labute approximate surface area is 158 Å². The minimum absolute atomic E-state index is 0.0877. The highest BCUT2D eigenvalue weighted by Gasteiger charge is 2.20. The van der Waals surface area contributed by atoms with Gasteiger partial charge in [-0.05, 0) is 12.1 Å². The third-order valence-electron chi connectivity index (χ3n) is 4.64. The Morgan fingerprint density at radius 2 is 2.00 bits per heavy atom. The summed E-state index contributed by atoms with van der Waals surface area (Å²) in [5, 5.41) is 2.55. The van der Waals surface area contributed by atoms with Gasteiger partial charge in [-0.1, -0.05) is 0 Å². The van der Waals surface area contributed by atoms with Crippen molar-refractivity contribution >= 4 is 22.8 Å². The first-order valence-electron chi connectivity index (χ1n) is 8.81. The number of fused-ring (bicyclic) bond motifs is 1. The number of amides is 1.